The van der Waals surface area contributed by atoms with E-state index in [-0.39, 0.29) is 0 Å². The Hall–Kier alpha value is -8.25. The molecule has 0 aliphatic heterocycles. The first-order valence-corrected chi connectivity index (χ1v) is 21.2. The van der Waals surface area contributed by atoms with Crippen molar-refractivity contribution >= 4 is 45.8 Å². The molecule has 0 unspecified atom stereocenters. The van der Waals surface area contributed by atoms with E-state index in [1.807, 2.05) is 134 Å². The molecule has 0 aliphatic rings. The Bertz CT molecular complexity index is 2660. The van der Waals surface area contributed by atoms with E-state index in [0.29, 0.717) is 0 Å². The van der Waals surface area contributed by atoms with Crippen molar-refractivity contribution in [3.63, 3.8) is 0 Å². The molecule has 0 saturated carbocycles. The van der Waals surface area contributed by atoms with Crippen LogP contribution in [0.5, 0.6) is 0 Å². The van der Waals surface area contributed by atoms with Gasteiger partial charge < -0.3 is 19.8 Å². The first-order chi connectivity index (χ1) is 31.2. The van der Waals surface area contributed by atoms with Gasteiger partial charge in [-0.25, -0.2) is 18.3 Å². The van der Waals surface area contributed by atoms with Crippen LogP contribution < -0.4 is 24.3 Å². The van der Waals surface area contributed by atoms with Gasteiger partial charge in [-0.2, -0.15) is 0 Å². The molecule has 310 valence electrons. The molecule has 5 aromatic heterocycles. The van der Waals surface area contributed by atoms with Crippen LogP contribution in [-0.4, -0.2) is 13.7 Å². The largest absolute Gasteiger partial charge is 0.356 e. The normalized spacial score (nSPS) is 11.4. The van der Waals surface area contributed by atoms with Gasteiger partial charge in [0.25, 0.3) is 0 Å². The smallest absolute Gasteiger partial charge is 0.350 e. The van der Waals surface area contributed by atoms with Crippen LogP contribution in [0, 0.1) is 0 Å². The van der Waals surface area contributed by atoms with Crippen molar-refractivity contribution in [3.05, 3.63) is 214 Å². The Kier molecular flexibility index (Phi) is 12.7. The second-order valence-corrected chi connectivity index (χ2v) is 15.1. The van der Waals surface area contributed by atoms with Crippen molar-refractivity contribution in [3.8, 4) is 11.4 Å². The van der Waals surface area contributed by atoms with Gasteiger partial charge in [0.15, 0.2) is 0 Å². The highest BCUT2D eigenvalue weighted by atomic mass is 15.2. The summed E-state index contributed by atoms with van der Waals surface area (Å²) in [5.41, 5.74) is 7.87. The molecule has 0 atom stereocenters. The molecule has 9 aromatic rings. The van der Waals surface area contributed by atoms with Crippen LogP contribution in [-0.2, 0) is 26.2 Å². The van der Waals surface area contributed by atoms with E-state index >= 15 is 0 Å². The molecule has 12 heteroatoms. The molecule has 0 amide bonds. The van der Waals surface area contributed by atoms with Gasteiger partial charge in [-0.3, -0.25) is 0 Å². The van der Waals surface area contributed by atoms with E-state index in [9.17, 15) is 0 Å². The molecule has 0 radical (unpaired) electrons. The van der Waals surface area contributed by atoms with Crippen molar-refractivity contribution in [1.82, 2.24) is 13.7 Å². The molecule has 0 spiro atoms. The van der Waals surface area contributed by atoms with E-state index in [1.165, 1.54) is 0 Å². The maximum atomic E-state index is 4.61. The summed E-state index contributed by atoms with van der Waals surface area (Å²) >= 11 is 0. The van der Waals surface area contributed by atoms with E-state index in [1.54, 1.807) is 0 Å². The Labute approximate surface area is 367 Å². The summed E-state index contributed by atoms with van der Waals surface area (Å²) in [6, 6.07) is 52.9. The first-order valence-electron chi connectivity index (χ1n) is 21.2. The SMILES string of the molecule is c1cc[n+](CCCn2cc[n+](CCC[n+]3ccccc3/N=N/c3ccc(Nc4ccc(-n5cccc5)cc4)cc3)c2)c(/N=N/c2ccc(Nc3ccc(-n4cccc4)cc3)cc2)c1. The Morgan fingerprint density at radius 3 is 1.32 bits per heavy atom. The van der Waals surface area contributed by atoms with Crippen molar-refractivity contribution in [2.45, 2.75) is 39.0 Å². The highest BCUT2D eigenvalue weighted by Crippen LogP contribution is 2.25. The second kappa shape index (κ2) is 19.9. The highest BCUT2D eigenvalue weighted by molar-refractivity contribution is 5.64. The van der Waals surface area contributed by atoms with Gasteiger partial charge >= 0.3 is 11.6 Å². The summed E-state index contributed by atoms with van der Waals surface area (Å²) in [5.74, 6) is 1.64. The number of azo groups is 2. The van der Waals surface area contributed by atoms with Crippen LogP contribution in [0.15, 0.2) is 234 Å². The van der Waals surface area contributed by atoms with Crippen LogP contribution in [0.25, 0.3) is 11.4 Å². The average molecular weight is 830 g/mol. The summed E-state index contributed by atoms with van der Waals surface area (Å²) in [7, 11) is 0. The molecule has 0 aliphatic carbocycles. The topological polar surface area (TPSA) is 99.9 Å². The summed E-state index contributed by atoms with van der Waals surface area (Å²) in [6.07, 6.45) is 20.7. The number of nitrogens with one attached hydrogen (secondary N) is 2. The molecule has 12 nitrogen and oxygen atoms in total. The first kappa shape index (κ1) is 40.2. The lowest BCUT2D eigenvalue weighted by molar-refractivity contribution is -0.721. The van der Waals surface area contributed by atoms with Gasteiger partial charge in [-0.1, -0.05) is 12.1 Å². The molecule has 4 aromatic carbocycles. The van der Waals surface area contributed by atoms with Gasteiger partial charge in [0, 0.05) is 83.9 Å². The van der Waals surface area contributed by atoms with Crippen LogP contribution in [0.2, 0.25) is 0 Å². The van der Waals surface area contributed by atoms with E-state index in [2.05, 4.69) is 138 Å². The molecule has 9 rings (SSSR count). The third-order valence-corrected chi connectivity index (χ3v) is 10.6. The lowest BCUT2D eigenvalue weighted by Gasteiger charge is -2.08. The zero-order valence-corrected chi connectivity index (χ0v) is 34.9. The van der Waals surface area contributed by atoms with Gasteiger partial charge in [-0.15, -0.1) is 0 Å². The van der Waals surface area contributed by atoms with Crippen molar-refractivity contribution in [2.24, 2.45) is 20.5 Å². The fraction of sp³-hybridized carbons (Fsp3) is 0.118. The molecule has 0 fully saturated rings. The molecule has 0 bridgehead atoms. The Morgan fingerprint density at radius 1 is 0.397 bits per heavy atom. The van der Waals surface area contributed by atoms with Crippen LogP contribution in [0.1, 0.15) is 12.8 Å². The van der Waals surface area contributed by atoms with E-state index in [0.717, 1.165) is 96.2 Å². The van der Waals surface area contributed by atoms with Gasteiger partial charge in [0.2, 0.25) is 6.33 Å². The minimum atomic E-state index is 0.795. The lowest BCUT2D eigenvalue weighted by Crippen LogP contribution is -2.38. The molecule has 0 saturated heterocycles. The van der Waals surface area contributed by atoms with Crippen LogP contribution in [0.3, 0.4) is 0 Å². The van der Waals surface area contributed by atoms with Gasteiger partial charge in [0.1, 0.15) is 23.8 Å². The standard InChI is InChI=1S/C51H47N12/c1-3-35-62(50(11-1)56-54-46-17-13-42(14-18-46)52-44-21-25-48(26-22-44)60-31-5-6-32-60)37-9-29-58-39-40-59(41-58)30-10-38-63-36-4-2-12-51(63)57-55-47-19-15-43(16-20-47)53-45-23-27-49(28-24-45)61-33-7-8-34-61/h1-8,11-28,31-36,39-41H,9-10,29-30,37-38H2/q+1/p+2. The number of benzene rings is 4. The average Bonchev–Trinajstić information content (AvgIpc) is 4.16. The van der Waals surface area contributed by atoms with E-state index in [4.69, 9.17) is 0 Å². The quantitative estimate of drug-likeness (QED) is 0.0665. The predicted molar refractivity (Wildman–Crippen MR) is 246 cm³/mol. The van der Waals surface area contributed by atoms with Crippen LogP contribution >= 0.6 is 0 Å². The molecule has 5 heterocycles. The number of pyridine rings is 2. The third-order valence-electron chi connectivity index (χ3n) is 10.6. The van der Waals surface area contributed by atoms with Crippen molar-refractivity contribution in [1.29, 1.82) is 0 Å². The summed E-state index contributed by atoms with van der Waals surface area (Å²) in [4.78, 5) is 0. The molecule has 2 N–H and O–H groups in total. The third kappa shape index (κ3) is 10.9. The summed E-state index contributed by atoms with van der Waals surface area (Å²) in [6.45, 7) is 3.44. The Morgan fingerprint density at radius 2 is 0.841 bits per heavy atom. The zero-order valence-electron chi connectivity index (χ0n) is 34.9. The van der Waals surface area contributed by atoms with Gasteiger partial charge in [-0.05, 0) is 144 Å². The monoisotopic (exact) mass is 829 g/mol. The Balaban J connectivity index is 0.715. The van der Waals surface area contributed by atoms with Gasteiger partial charge in [0.05, 0.1) is 48.8 Å². The minimum absolute atomic E-state index is 0.795. The lowest BCUT2D eigenvalue weighted by atomic mass is 10.2. The maximum Gasteiger partial charge on any atom is 0.350 e. The number of hydrogen-bond donors (Lipinski definition) is 2. The number of imidazole rings is 1. The molecule has 63 heavy (non-hydrogen) atoms. The van der Waals surface area contributed by atoms with E-state index < -0.39 is 0 Å². The number of aromatic nitrogens is 6. The zero-order chi connectivity index (χ0) is 42.5. The van der Waals surface area contributed by atoms with Crippen LogP contribution in [0.4, 0.5) is 45.8 Å². The number of rotatable bonds is 18. The maximum absolute atomic E-state index is 4.61. The van der Waals surface area contributed by atoms with Crippen molar-refractivity contribution < 1.29 is 13.7 Å². The minimum Gasteiger partial charge on any atom is -0.356 e. The summed E-state index contributed by atoms with van der Waals surface area (Å²) < 4.78 is 13.0. The summed E-state index contributed by atoms with van der Waals surface area (Å²) in [5, 5.41) is 25.2. The molecular formula is C51H49N12+3. The number of nitrogens with zero attached hydrogens (tertiary/aromatic N) is 10. The molecular weight excluding hydrogens is 781 g/mol. The fourth-order valence-electron chi connectivity index (χ4n) is 7.27. The number of hydrogen-bond acceptors (Lipinski definition) is 6. The number of aryl methyl sites for hydroxylation is 4. The second-order valence-electron chi connectivity index (χ2n) is 15.1. The number of anilines is 4. The fourth-order valence-corrected chi connectivity index (χ4v) is 7.27. The predicted octanol–water partition coefficient (Wildman–Crippen LogP) is 11.4. The highest BCUT2D eigenvalue weighted by Gasteiger charge is 2.13. The van der Waals surface area contributed by atoms with Crippen molar-refractivity contribution in [2.75, 3.05) is 10.6 Å².